The number of aliphatic hydroxyl groups is 3. The molecular formula is C32H33NO6. The molecule has 0 fully saturated rings. The quantitative estimate of drug-likeness (QED) is 0.340. The highest BCUT2D eigenvalue weighted by Crippen LogP contribution is 2.50. The Morgan fingerprint density at radius 2 is 1.74 bits per heavy atom. The standard InChI is InChI=1S/C32H33NO6/c1-32(2)25-16-22(39-18-28(36)27(35)17-34)9-11-24(25)30(37)29-23-10-8-20(14-21(23)15-26(29)32)31(38)33-13-12-19-6-4-3-5-7-19/h3-11,14,16,27-28,34-36H,12-13,15,17-18H2,1-2H3,(H,33,38)/t27-,28-/m1/s1. The third-order valence-corrected chi connectivity index (χ3v) is 7.79. The van der Waals surface area contributed by atoms with Gasteiger partial charge >= 0.3 is 0 Å². The molecule has 4 N–H and O–H groups in total. The van der Waals surface area contributed by atoms with Crippen molar-refractivity contribution in [2.45, 2.75) is 44.3 Å². The van der Waals surface area contributed by atoms with Crippen molar-refractivity contribution in [3.8, 4) is 5.75 Å². The Bertz CT molecular complexity index is 1440. The van der Waals surface area contributed by atoms with E-state index in [0.29, 0.717) is 35.4 Å². The van der Waals surface area contributed by atoms with E-state index in [4.69, 9.17) is 9.84 Å². The molecule has 2 aliphatic carbocycles. The van der Waals surface area contributed by atoms with E-state index in [-0.39, 0.29) is 18.3 Å². The number of ether oxygens (including phenoxy) is 1. The van der Waals surface area contributed by atoms with Gasteiger partial charge in [-0.05, 0) is 71.0 Å². The Morgan fingerprint density at radius 1 is 1.00 bits per heavy atom. The van der Waals surface area contributed by atoms with Crippen LogP contribution in [0.2, 0.25) is 0 Å². The molecule has 7 heteroatoms. The Hall–Kier alpha value is -3.78. The molecule has 2 atom stereocenters. The molecule has 0 aromatic heterocycles. The Kier molecular flexibility index (Phi) is 7.40. The number of ketones is 1. The zero-order chi connectivity index (χ0) is 27.7. The van der Waals surface area contributed by atoms with Crippen LogP contribution in [-0.4, -0.2) is 59.0 Å². The number of aliphatic hydroxyl groups excluding tert-OH is 3. The van der Waals surface area contributed by atoms with Crippen molar-refractivity contribution in [1.29, 1.82) is 0 Å². The molecule has 3 aromatic carbocycles. The zero-order valence-corrected chi connectivity index (χ0v) is 22.1. The second-order valence-corrected chi connectivity index (χ2v) is 10.7. The van der Waals surface area contributed by atoms with Gasteiger partial charge in [0.15, 0.2) is 5.78 Å². The van der Waals surface area contributed by atoms with Crippen molar-refractivity contribution in [2.24, 2.45) is 0 Å². The smallest absolute Gasteiger partial charge is 0.251 e. The minimum atomic E-state index is -1.29. The van der Waals surface area contributed by atoms with E-state index in [0.717, 1.165) is 34.2 Å². The molecule has 0 bridgehead atoms. The highest BCUT2D eigenvalue weighted by Gasteiger charge is 2.43. The molecule has 202 valence electrons. The second kappa shape index (κ2) is 10.8. The van der Waals surface area contributed by atoms with E-state index in [1.54, 1.807) is 18.2 Å². The first kappa shape index (κ1) is 26.8. The maximum absolute atomic E-state index is 13.7. The van der Waals surface area contributed by atoms with Gasteiger partial charge in [-0.1, -0.05) is 50.2 Å². The maximum Gasteiger partial charge on any atom is 0.251 e. The maximum atomic E-state index is 13.7. The van der Waals surface area contributed by atoms with Gasteiger partial charge in [-0.15, -0.1) is 0 Å². The van der Waals surface area contributed by atoms with Crippen LogP contribution in [0.15, 0.2) is 72.3 Å². The third kappa shape index (κ3) is 5.13. The molecule has 2 aliphatic rings. The van der Waals surface area contributed by atoms with Crippen molar-refractivity contribution < 1.29 is 29.6 Å². The van der Waals surface area contributed by atoms with Crippen LogP contribution in [0.25, 0.3) is 5.57 Å². The molecule has 0 radical (unpaired) electrons. The summed E-state index contributed by atoms with van der Waals surface area (Å²) in [5.41, 5.74) is 6.22. The highest BCUT2D eigenvalue weighted by molar-refractivity contribution is 6.33. The van der Waals surface area contributed by atoms with Crippen LogP contribution in [0.1, 0.15) is 56.8 Å². The fraction of sp³-hybridized carbons (Fsp3) is 0.312. The summed E-state index contributed by atoms with van der Waals surface area (Å²) >= 11 is 0. The lowest BCUT2D eigenvalue weighted by Gasteiger charge is -2.34. The molecule has 39 heavy (non-hydrogen) atoms. The van der Waals surface area contributed by atoms with Crippen molar-refractivity contribution in [1.82, 2.24) is 5.32 Å². The summed E-state index contributed by atoms with van der Waals surface area (Å²) in [4.78, 5) is 26.5. The third-order valence-electron chi connectivity index (χ3n) is 7.79. The molecule has 0 aliphatic heterocycles. The first-order chi connectivity index (χ1) is 18.7. The monoisotopic (exact) mass is 527 g/mol. The van der Waals surface area contributed by atoms with Crippen molar-refractivity contribution in [3.63, 3.8) is 0 Å². The highest BCUT2D eigenvalue weighted by atomic mass is 16.5. The Morgan fingerprint density at radius 3 is 2.49 bits per heavy atom. The summed E-state index contributed by atoms with van der Waals surface area (Å²) < 4.78 is 5.67. The number of allylic oxidation sites excluding steroid dienone is 2. The fourth-order valence-electron chi connectivity index (χ4n) is 5.47. The van der Waals surface area contributed by atoms with Crippen molar-refractivity contribution >= 4 is 17.3 Å². The van der Waals surface area contributed by atoms with E-state index in [1.165, 1.54) is 0 Å². The Balaban J connectivity index is 1.33. The molecule has 3 aromatic rings. The number of hydrogen-bond acceptors (Lipinski definition) is 6. The van der Waals surface area contributed by atoms with E-state index in [2.05, 4.69) is 19.2 Å². The number of benzene rings is 3. The Labute approximate surface area is 227 Å². The molecule has 0 saturated heterocycles. The summed E-state index contributed by atoms with van der Waals surface area (Å²) in [6.45, 7) is 3.93. The lowest BCUT2D eigenvalue weighted by molar-refractivity contribution is -0.0339. The minimum Gasteiger partial charge on any atom is -0.491 e. The van der Waals surface area contributed by atoms with E-state index in [9.17, 15) is 19.8 Å². The summed E-state index contributed by atoms with van der Waals surface area (Å²) in [5, 5.41) is 31.5. The van der Waals surface area contributed by atoms with Crippen molar-refractivity contribution in [3.05, 3.63) is 106 Å². The number of rotatable bonds is 9. The van der Waals surface area contributed by atoms with E-state index < -0.39 is 24.2 Å². The minimum absolute atomic E-state index is 0.0552. The van der Waals surface area contributed by atoms with Gasteiger partial charge in [-0.3, -0.25) is 9.59 Å². The molecule has 0 unspecified atom stereocenters. The van der Waals surface area contributed by atoms with E-state index in [1.807, 2.05) is 48.5 Å². The molecule has 0 heterocycles. The predicted octanol–water partition coefficient (Wildman–Crippen LogP) is 3.24. The van der Waals surface area contributed by atoms with Crippen LogP contribution in [0, 0.1) is 0 Å². The fourth-order valence-corrected chi connectivity index (χ4v) is 5.47. The lowest BCUT2D eigenvalue weighted by atomic mass is 9.68. The van der Waals surface area contributed by atoms with Gasteiger partial charge < -0.3 is 25.4 Å². The van der Waals surface area contributed by atoms with Gasteiger partial charge in [-0.2, -0.15) is 0 Å². The number of carbonyl (C=O) groups is 2. The summed E-state index contributed by atoms with van der Waals surface area (Å²) in [5.74, 6) is 0.274. The second-order valence-electron chi connectivity index (χ2n) is 10.7. The van der Waals surface area contributed by atoms with Gasteiger partial charge in [0.1, 0.15) is 24.6 Å². The first-order valence-corrected chi connectivity index (χ1v) is 13.2. The number of Topliss-reactive ketones (excluding diaryl/α,β-unsaturated/α-hetero) is 1. The van der Waals surface area contributed by atoms with Gasteiger partial charge in [-0.25, -0.2) is 0 Å². The number of carbonyl (C=O) groups excluding carboxylic acids is 2. The van der Waals surface area contributed by atoms with Crippen LogP contribution < -0.4 is 10.1 Å². The van der Waals surface area contributed by atoms with Gasteiger partial charge in [0.25, 0.3) is 5.91 Å². The average molecular weight is 528 g/mol. The van der Waals surface area contributed by atoms with Crippen LogP contribution in [0.3, 0.4) is 0 Å². The molecule has 5 rings (SSSR count). The lowest BCUT2D eigenvalue weighted by Crippen LogP contribution is -2.34. The normalized spacial score (nSPS) is 16.7. The zero-order valence-electron chi connectivity index (χ0n) is 22.1. The van der Waals surface area contributed by atoms with Gasteiger partial charge in [0.05, 0.1) is 6.61 Å². The molecule has 0 saturated carbocycles. The summed E-state index contributed by atoms with van der Waals surface area (Å²) in [6, 6.07) is 20.8. The molecule has 0 spiro atoms. The number of hydrogen-bond donors (Lipinski definition) is 4. The molecule has 1 amide bonds. The largest absolute Gasteiger partial charge is 0.491 e. The summed E-state index contributed by atoms with van der Waals surface area (Å²) in [7, 11) is 0. The van der Waals surface area contributed by atoms with Crippen LogP contribution >= 0.6 is 0 Å². The number of fused-ring (bicyclic) bond motifs is 3. The van der Waals surface area contributed by atoms with Crippen LogP contribution in [0.5, 0.6) is 5.75 Å². The average Bonchev–Trinajstić information content (AvgIpc) is 3.35. The van der Waals surface area contributed by atoms with Crippen molar-refractivity contribution in [2.75, 3.05) is 19.8 Å². The molecule has 7 nitrogen and oxygen atoms in total. The van der Waals surface area contributed by atoms with E-state index >= 15 is 0 Å². The summed E-state index contributed by atoms with van der Waals surface area (Å²) in [6.07, 6.45) is -1.20. The molecular weight excluding hydrogens is 494 g/mol. The number of amides is 1. The van der Waals surface area contributed by atoms with Gasteiger partial charge in [0, 0.05) is 28.7 Å². The predicted molar refractivity (Wildman–Crippen MR) is 148 cm³/mol. The first-order valence-electron chi connectivity index (χ1n) is 13.2. The van der Waals surface area contributed by atoms with Crippen LogP contribution in [-0.2, 0) is 18.3 Å². The topological polar surface area (TPSA) is 116 Å². The SMILES string of the molecule is CC1(C)C2=C(C(=O)c3ccc(OC[C@@H](O)[C@H](O)CO)cc31)c1ccc(C(=O)NCCc3ccccc3)cc1C2. The number of nitrogens with one attached hydrogen (secondary N) is 1. The van der Waals surface area contributed by atoms with Gasteiger partial charge in [0.2, 0.25) is 0 Å². The van der Waals surface area contributed by atoms with Crippen LogP contribution in [0.4, 0.5) is 0 Å².